The molecule has 4 N–H and O–H groups in total. The van der Waals surface area contributed by atoms with E-state index in [-0.39, 0.29) is 12.2 Å². The molecule has 8 atom stereocenters. The van der Waals surface area contributed by atoms with Crippen molar-refractivity contribution in [1.29, 1.82) is 0 Å². The molecule has 41 heavy (non-hydrogen) atoms. The molecule has 0 aromatic heterocycles. The second-order valence-corrected chi connectivity index (χ2v) is 12.6. The molecule has 4 aliphatic rings. The monoisotopic (exact) mass is 566 g/mol. The molecule has 0 heterocycles. The number of fused-ring (bicyclic) bond motifs is 5. The lowest BCUT2D eigenvalue weighted by Crippen LogP contribution is -2.65. The van der Waals surface area contributed by atoms with E-state index in [9.17, 15) is 34.8 Å². The van der Waals surface area contributed by atoms with Gasteiger partial charge in [-0.1, -0.05) is 39.0 Å². The van der Waals surface area contributed by atoms with E-state index in [1.54, 1.807) is 44.2 Å². The van der Waals surface area contributed by atoms with Crippen molar-refractivity contribution in [3.05, 3.63) is 58.7 Å². The van der Waals surface area contributed by atoms with Gasteiger partial charge in [-0.15, -0.1) is 0 Å². The van der Waals surface area contributed by atoms with Gasteiger partial charge in [-0.2, -0.15) is 0 Å². The molecule has 0 spiro atoms. The van der Waals surface area contributed by atoms with Crippen LogP contribution in [0.5, 0.6) is 5.75 Å². The number of carbonyl (C=O) groups is 3. The molecule has 9 heteroatoms. The first-order chi connectivity index (χ1) is 19.1. The summed E-state index contributed by atoms with van der Waals surface area (Å²) in [6, 6.07) is 4.92. The fraction of sp³-hybridized carbons (Fsp3) is 0.531. The van der Waals surface area contributed by atoms with E-state index in [0.717, 1.165) is 0 Å². The molecule has 0 bridgehead atoms. The van der Waals surface area contributed by atoms with Crippen LogP contribution in [0.15, 0.2) is 47.6 Å². The van der Waals surface area contributed by atoms with Crippen LogP contribution < -0.4 is 4.74 Å². The third kappa shape index (κ3) is 3.86. The molecule has 1 aromatic carbocycles. The summed E-state index contributed by atoms with van der Waals surface area (Å²) in [6.07, 6.45) is 4.59. The summed E-state index contributed by atoms with van der Waals surface area (Å²) in [5.74, 6) is -4.20. The average Bonchev–Trinajstić information content (AvgIpc) is 3.36. The standard InChI is InChI=1S/C32H38O9/c1-16-11-24-30(38,27(16)36)14-20(15-33)12-22-26-29(4,5)32(26,28(37)17(2)31(22,24)39)41-25(35)10-8-19-7-9-21(18(3)34)23(13-19)40-6/h7-13,17,22,24,26,28,33,37-39H,14-15H2,1-6H3/b10-8+/t17-,22+,24-,26-,28-,30-,31-,32-/m1/s1. The first-order valence-corrected chi connectivity index (χ1v) is 13.9. The quantitative estimate of drug-likeness (QED) is 0.176. The predicted octanol–water partition coefficient (Wildman–Crippen LogP) is 2.41. The number of ether oxygens (including phenoxy) is 2. The average molecular weight is 567 g/mol. The summed E-state index contributed by atoms with van der Waals surface area (Å²) in [7, 11) is 1.45. The Balaban J connectivity index is 1.50. The maximum Gasteiger partial charge on any atom is 0.331 e. The minimum absolute atomic E-state index is 0.142. The Labute approximate surface area is 239 Å². The second-order valence-electron chi connectivity index (χ2n) is 12.6. The molecule has 9 nitrogen and oxygen atoms in total. The van der Waals surface area contributed by atoms with Gasteiger partial charge in [-0.05, 0) is 48.8 Å². The highest BCUT2D eigenvalue weighted by atomic mass is 16.6. The number of Topliss-reactive ketones (excluding diaryl/α,β-unsaturated/α-hetero) is 2. The van der Waals surface area contributed by atoms with Crippen molar-refractivity contribution >= 4 is 23.6 Å². The number of esters is 1. The van der Waals surface area contributed by atoms with Gasteiger partial charge in [0.25, 0.3) is 0 Å². The molecule has 2 fully saturated rings. The van der Waals surface area contributed by atoms with Gasteiger partial charge < -0.3 is 29.9 Å². The minimum atomic E-state index is -1.95. The van der Waals surface area contributed by atoms with Crippen molar-refractivity contribution in [3.8, 4) is 5.75 Å². The van der Waals surface area contributed by atoms with E-state index >= 15 is 0 Å². The summed E-state index contributed by atoms with van der Waals surface area (Å²) in [5.41, 5.74) is -4.10. The van der Waals surface area contributed by atoms with Crippen LogP contribution in [0.4, 0.5) is 0 Å². The third-order valence-corrected chi connectivity index (χ3v) is 10.3. The van der Waals surface area contributed by atoms with Crippen LogP contribution in [-0.4, -0.2) is 74.6 Å². The Kier molecular flexibility index (Phi) is 6.78. The van der Waals surface area contributed by atoms with Crippen molar-refractivity contribution in [1.82, 2.24) is 0 Å². The minimum Gasteiger partial charge on any atom is -0.496 e. The Bertz CT molecular complexity index is 1420. The van der Waals surface area contributed by atoms with Gasteiger partial charge in [0.15, 0.2) is 11.6 Å². The van der Waals surface area contributed by atoms with Gasteiger partial charge in [-0.25, -0.2) is 4.79 Å². The molecule has 0 saturated heterocycles. The summed E-state index contributed by atoms with van der Waals surface area (Å²) < 4.78 is 11.4. The molecule has 4 aliphatic carbocycles. The Hall–Kier alpha value is -3.11. The maximum absolute atomic E-state index is 13.2. The van der Waals surface area contributed by atoms with E-state index < -0.39 is 70.4 Å². The Morgan fingerprint density at radius 2 is 1.85 bits per heavy atom. The molecular weight excluding hydrogens is 528 g/mol. The summed E-state index contributed by atoms with van der Waals surface area (Å²) in [4.78, 5) is 38.1. The molecule has 0 aliphatic heterocycles. The maximum atomic E-state index is 13.2. The van der Waals surface area contributed by atoms with Crippen molar-refractivity contribution in [3.63, 3.8) is 0 Å². The van der Waals surface area contributed by atoms with Crippen LogP contribution in [0, 0.1) is 29.1 Å². The van der Waals surface area contributed by atoms with Crippen molar-refractivity contribution in [2.75, 3.05) is 13.7 Å². The highest BCUT2D eigenvalue weighted by Gasteiger charge is 2.86. The number of benzene rings is 1. The highest BCUT2D eigenvalue weighted by Crippen LogP contribution is 2.76. The van der Waals surface area contributed by atoms with Crippen LogP contribution in [-0.2, 0) is 14.3 Å². The fourth-order valence-electron chi connectivity index (χ4n) is 8.14. The van der Waals surface area contributed by atoms with Gasteiger partial charge in [0.1, 0.15) is 17.0 Å². The van der Waals surface area contributed by atoms with Gasteiger partial charge in [0, 0.05) is 41.6 Å². The van der Waals surface area contributed by atoms with E-state index in [1.807, 2.05) is 13.8 Å². The van der Waals surface area contributed by atoms with E-state index in [0.29, 0.717) is 28.0 Å². The summed E-state index contributed by atoms with van der Waals surface area (Å²) >= 11 is 0. The molecule has 0 unspecified atom stereocenters. The van der Waals surface area contributed by atoms with Crippen molar-refractivity contribution < 1.29 is 44.3 Å². The Morgan fingerprint density at radius 1 is 1.17 bits per heavy atom. The topological polar surface area (TPSA) is 151 Å². The molecular formula is C32H38O9. The zero-order valence-electron chi connectivity index (χ0n) is 24.2. The van der Waals surface area contributed by atoms with Gasteiger partial charge in [0.05, 0.1) is 31.0 Å². The number of hydrogen-bond donors (Lipinski definition) is 4. The SMILES string of the molecule is COc1cc(/C=C/C(=O)O[C@@]23[C@H](O)[C@@H](C)[C@@]4(O)[C@@H](C=C(CO)C[C@]5(O)C(=O)C(C)=C[C@@H]45)[C@@H]2C3(C)C)ccc1C(C)=O. The van der Waals surface area contributed by atoms with Gasteiger partial charge >= 0.3 is 5.97 Å². The normalized spacial score (nSPS) is 38.7. The molecule has 5 rings (SSSR count). The van der Waals surface area contributed by atoms with E-state index in [2.05, 4.69) is 0 Å². The lowest BCUT2D eigenvalue weighted by molar-refractivity contribution is -0.217. The largest absolute Gasteiger partial charge is 0.496 e. The van der Waals surface area contributed by atoms with Crippen LogP contribution in [0.1, 0.15) is 57.0 Å². The van der Waals surface area contributed by atoms with Crippen LogP contribution in [0.3, 0.4) is 0 Å². The lowest BCUT2D eigenvalue weighted by atomic mass is 9.59. The number of hydrogen-bond acceptors (Lipinski definition) is 9. The lowest BCUT2D eigenvalue weighted by Gasteiger charge is -2.52. The number of ketones is 2. The highest BCUT2D eigenvalue weighted by molar-refractivity contribution is 6.05. The third-order valence-electron chi connectivity index (χ3n) is 10.3. The van der Waals surface area contributed by atoms with Crippen LogP contribution >= 0.6 is 0 Å². The van der Waals surface area contributed by atoms with Gasteiger partial charge in [0.2, 0.25) is 0 Å². The summed E-state index contributed by atoms with van der Waals surface area (Å²) in [6.45, 7) is 7.95. The van der Waals surface area contributed by atoms with Crippen LogP contribution in [0.2, 0.25) is 0 Å². The van der Waals surface area contributed by atoms with Crippen molar-refractivity contribution in [2.24, 2.45) is 29.1 Å². The Morgan fingerprint density at radius 3 is 2.46 bits per heavy atom. The zero-order chi connectivity index (χ0) is 30.3. The zero-order valence-corrected chi connectivity index (χ0v) is 24.2. The predicted molar refractivity (Wildman–Crippen MR) is 149 cm³/mol. The molecule has 1 aromatic rings. The number of aliphatic hydroxyl groups excluding tert-OH is 2. The first-order valence-electron chi connectivity index (χ1n) is 13.9. The number of aliphatic hydroxyl groups is 4. The molecule has 220 valence electrons. The van der Waals surface area contributed by atoms with E-state index in [1.165, 1.54) is 26.2 Å². The van der Waals surface area contributed by atoms with E-state index in [4.69, 9.17) is 9.47 Å². The number of rotatable bonds is 6. The first kappa shape index (κ1) is 29.4. The van der Waals surface area contributed by atoms with Crippen molar-refractivity contribution in [2.45, 2.75) is 63.9 Å². The molecule has 2 saturated carbocycles. The molecule has 0 amide bonds. The molecule has 0 radical (unpaired) electrons. The van der Waals surface area contributed by atoms with Gasteiger partial charge in [-0.3, -0.25) is 9.59 Å². The summed E-state index contributed by atoms with van der Waals surface area (Å²) in [5, 5.41) is 45.9. The second kappa shape index (κ2) is 9.46. The fourth-order valence-corrected chi connectivity index (χ4v) is 8.14. The number of methoxy groups -OCH3 is 1. The van der Waals surface area contributed by atoms with Crippen LogP contribution in [0.25, 0.3) is 6.08 Å². The number of carbonyl (C=O) groups excluding carboxylic acids is 3. The smallest absolute Gasteiger partial charge is 0.331 e.